The lowest BCUT2D eigenvalue weighted by Gasteiger charge is -2.48. The molecule has 0 fully saturated rings. The van der Waals surface area contributed by atoms with E-state index < -0.39 is 0 Å². The molecule has 3 heterocycles. The smallest absolute Gasteiger partial charge is 0.410 e. The van der Waals surface area contributed by atoms with Crippen molar-refractivity contribution in [3.8, 4) is 0 Å². The summed E-state index contributed by atoms with van der Waals surface area (Å²) in [5, 5.41) is 0. The van der Waals surface area contributed by atoms with Gasteiger partial charge in [-0.05, 0) is 151 Å². The second-order valence-corrected chi connectivity index (χ2v) is 29.0. The van der Waals surface area contributed by atoms with E-state index in [1.54, 1.807) is 14.2 Å². The lowest BCUT2D eigenvalue weighted by atomic mass is 9.34. The van der Waals surface area contributed by atoms with Gasteiger partial charge in [0.05, 0.1) is 22.7 Å². The van der Waals surface area contributed by atoms with Crippen LogP contribution in [0, 0.1) is 0 Å². The van der Waals surface area contributed by atoms with Gasteiger partial charge in [0.25, 0.3) is 0 Å². The first-order valence-corrected chi connectivity index (χ1v) is 30.0. The van der Waals surface area contributed by atoms with Gasteiger partial charge in [-0.1, -0.05) is 250 Å². The molecular formula is C72H82B2Br2N2O2. The van der Waals surface area contributed by atoms with E-state index in [1.807, 2.05) is 30.3 Å². The molecule has 4 nitrogen and oxygen atoms in total. The first kappa shape index (κ1) is 59.0. The van der Waals surface area contributed by atoms with Gasteiger partial charge in [-0.15, -0.1) is 0 Å². The molecule has 0 aromatic heterocycles. The first-order valence-electron chi connectivity index (χ1n) is 28.4. The molecular weight excluding hydrogens is 1110 g/mol. The van der Waals surface area contributed by atoms with Gasteiger partial charge < -0.3 is 19.1 Å². The van der Waals surface area contributed by atoms with Crippen LogP contribution in [0.15, 0.2) is 179 Å². The van der Waals surface area contributed by atoms with Crippen molar-refractivity contribution in [2.75, 3.05) is 24.0 Å². The summed E-state index contributed by atoms with van der Waals surface area (Å²) in [6.07, 6.45) is 0. The van der Waals surface area contributed by atoms with E-state index in [-0.39, 0.29) is 46.3 Å². The van der Waals surface area contributed by atoms with E-state index in [0.717, 1.165) is 20.1 Å². The van der Waals surface area contributed by atoms with Crippen LogP contribution < -0.4 is 31.7 Å². The summed E-state index contributed by atoms with van der Waals surface area (Å²) in [7, 11) is 3.01. The van der Waals surface area contributed by atoms with E-state index >= 15 is 0 Å². The molecule has 0 bridgehead atoms. The number of hydrogen-bond donors (Lipinski definition) is 0. The third-order valence-corrected chi connectivity index (χ3v) is 18.0. The van der Waals surface area contributed by atoms with E-state index in [9.17, 15) is 0 Å². The molecule has 0 saturated heterocycles. The van der Waals surface area contributed by atoms with Crippen molar-refractivity contribution < 1.29 is 9.31 Å². The third-order valence-electron chi connectivity index (χ3n) is 16.8. The Morgan fingerprint density at radius 3 is 1.27 bits per heavy atom. The molecule has 8 heteroatoms. The van der Waals surface area contributed by atoms with Crippen LogP contribution in [-0.2, 0) is 41.8 Å². The Balaban J connectivity index is 0.000000164. The summed E-state index contributed by atoms with van der Waals surface area (Å²) >= 11 is 7.90. The first-order chi connectivity index (χ1) is 37.5. The Morgan fingerprint density at radius 2 is 0.787 bits per heavy atom. The zero-order valence-corrected chi connectivity index (χ0v) is 54.0. The molecule has 0 amide bonds. The van der Waals surface area contributed by atoms with Crippen molar-refractivity contribution in [2.45, 2.75) is 143 Å². The lowest BCUT2D eigenvalue weighted by Crippen LogP contribution is -2.59. The molecule has 0 unspecified atom stereocenters. The predicted molar refractivity (Wildman–Crippen MR) is 354 cm³/mol. The number of para-hydroxylation sites is 2. The minimum atomic E-state index is -0.240. The highest BCUT2D eigenvalue weighted by atomic mass is 79.9. The molecule has 0 saturated carbocycles. The highest BCUT2D eigenvalue weighted by Gasteiger charge is 2.46. The van der Waals surface area contributed by atoms with Crippen LogP contribution in [0.4, 0.5) is 34.1 Å². The molecule has 0 atom stereocenters. The summed E-state index contributed by atoms with van der Waals surface area (Å²) in [4.78, 5) is 4.99. The van der Waals surface area contributed by atoms with Crippen LogP contribution in [0.5, 0.6) is 0 Å². The van der Waals surface area contributed by atoms with Crippen molar-refractivity contribution in [3.63, 3.8) is 0 Å². The highest BCUT2D eigenvalue weighted by molar-refractivity contribution is 9.11. The minimum absolute atomic E-state index is 0.0537. The summed E-state index contributed by atoms with van der Waals surface area (Å²) in [6, 6.07) is 62.5. The zero-order chi connectivity index (χ0) is 58.1. The predicted octanol–water partition coefficient (Wildman–Crippen LogP) is 17.8. The Morgan fingerprint density at radius 1 is 0.388 bits per heavy atom. The zero-order valence-electron chi connectivity index (χ0n) is 50.8. The molecule has 80 heavy (non-hydrogen) atoms. The quantitative estimate of drug-likeness (QED) is 0.160. The van der Waals surface area contributed by atoms with Gasteiger partial charge in [0.2, 0.25) is 6.71 Å². The van der Waals surface area contributed by atoms with Crippen molar-refractivity contribution in [1.82, 2.24) is 0 Å². The van der Waals surface area contributed by atoms with Gasteiger partial charge in [-0.3, -0.25) is 0 Å². The maximum atomic E-state index is 5.06. The van der Waals surface area contributed by atoms with Crippen molar-refractivity contribution >= 4 is 102 Å². The summed E-state index contributed by atoms with van der Waals surface area (Å²) < 4.78 is 12.4. The Labute approximate surface area is 498 Å². The Hall–Kier alpha value is -5.63. The Bertz CT molecular complexity index is 3560. The fourth-order valence-electron chi connectivity index (χ4n) is 12.0. The van der Waals surface area contributed by atoms with Crippen LogP contribution in [0.1, 0.15) is 155 Å². The number of rotatable bonds is 5. The molecule has 3 aliphatic heterocycles. The molecule has 0 radical (unpaired) electrons. The van der Waals surface area contributed by atoms with Gasteiger partial charge in [0.15, 0.2) is 0 Å². The van der Waals surface area contributed by atoms with Gasteiger partial charge in [-0.25, -0.2) is 0 Å². The fraction of sp³-hybridized carbons (Fsp3) is 0.333. The topological polar surface area (TPSA) is 24.9 Å². The van der Waals surface area contributed by atoms with Crippen LogP contribution in [0.25, 0.3) is 0 Å². The van der Waals surface area contributed by atoms with Gasteiger partial charge >= 0.3 is 7.12 Å². The van der Waals surface area contributed by atoms with Gasteiger partial charge in [-0.2, -0.15) is 0 Å². The molecule has 0 aliphatic carbocycles. The maximum Gasteiger partial charge on any atom is 0.493 e. The van der Waals surface area contributed by atoms with Crippen LogP contribution in [0.2, 0.25) is 0 Å². The van der Waals surface area contributed by atoms with Crippen molar-refractivity contribution in [1.29, 1.82) is 0 Å². The molecule has 8 aromatic carbocycles. The number of fused-ring (bicyclic) bond motifs is 6. The SMILES string of the molecule is CC(C)(C)c1ccc(N2c3ccccc3C(C)(C)c3cc(C(C)(C)C)cc(Br)c32)c(Br)c1.CC(C)(C)c1ccc2c(c1)B(c1ccccc1)c1cc(C(C)(C)C)cc3c1N2c1ccccc1C3(C)C.COB(OC)c1ccccc1. The second kappa shape index (κ2) is 21.9. The average Bonchev–Trinajstić information content (AvgIpc) is 3.60. The normalized spacial score (nSPS) is 14.7. The standard InChI is InChI=1S/C35H38BN.C29H33Br2N.C8H11BO2/c1-33(2,3)23-18-19-31-28(21-23)36(25-14-10-9-11-15-25)29-22-24(34(4,5)6)20-27-32(29)37(31)30-17-13-12-16-26(30)35(27,7)8;1-27(2,3)18-13-14-25(22(30)16-18)32-24-12-10-9-11-20(24)29(7,8)21-15-19(28(4,5)6)17-23(31)26(21)32;1-10-9(11-2)8-6-4-3-5-7-8/h9-22H,1-8H3;9-17H,1-8H3;3-7H,1-2H3. The minimum Gasteiger partial charge on any atom is -0.410 e. The number of hydrogen-bond acceptors (Lipinski definition) is 4. The number of halogens is 2. The molecule has 0 spiro atoms. The van der Waals surface area contributed by atoms with E-state index in [4.69, 9.17) is 9.31 Å². The number of nitrogens with zero attached hydrogens (tertiary/aromatic N) is 2. The van der Waals surface area contributed by atoms with Crippen LogP contribution >= 0.6 is 31.9 Å². The van der Waals surface area contributed by atoms with Crippen molar-refractivity contribution in [3.05, 3.63) is 223 Å². The maximum absolute atomic E-state index is 5.06. The third kappa shape index (κ3) is 11.1. The number of anilines is 6. The molecule has 8 aromatic rings. The summed E-state index contributed by atoms with van der Waals surface area (Å²) in [5.41, 5.74) is 23.9. The molecule has 412 valence electrons. The molecule has 0 N–H and O–H groups in total. The van der Waals surface area contributed by atoms with E-state index in [1.165, 1.54) is 89.3 Å². The second-order valence-electron chi connectivity index (χ2n) is 27.3. The van der Waals surface area contributed by atoms with Crippen molar-refractivity contribution in [2.24, 2.45) is 0 Å². The van der Waals surface area contributed by atoms with Crippen LogP contribution in [-0.4, -0.2) is 28.1 Å². The van der Waals surface area contributed by atoms with E-state index in [0.29, 0.717) is 0 Å². The lowest BCUT2D eigenvalue weighted by molar-refractivity contribution is 0.292. The van der Waals surface area contributed by atoms with Crippen LogP contribution in [0.3, 0.4) is 0 Å². The fourth-order valence-corrected chi connectivity index (χ4v) is 13.2. The van der Waals surface area contributed by atoms with E-state index in [2.05, 4.69) is 292 Å². The Kier molecular flexibility index (Phi) is 16.2. The summed E-state index contributed by atoms with van der Waals surface area (Å²) in [5.74, 6) is 0. The highest BCUT2D eigenvalue weighted by Crippen LogP contribution is 2.57. The molecule has 11 rings (SSSR count). The monoisotopic (exact) mass is 1190 g/mol. The molecule has 3 aliphatic rings. The van der Waals surface area contributed by atoms with Gasteiger partial charge in [0.1, 0.15) is 0 Å². The summed E-state index contributed by atoms with van der Waals surface area (Å²) in [6.45, 7) is 37.3. The number of benzene rings is 8. The van der Waals surface area contributed by atoms with Gasteiger partial charge in [0, 0.05) is 45.4 Å². The largest absolute Gasteiger partial charge is 0.493 e. The average molecular weight is 1190 g/mol.